The van der Waals surface area contributed by atoms with Crippen molar-refractivity contribution in [2.45, 2.75) is 111 Å². The standard InChI is InChI=1S/C28H37N5O6.C28H22N2O7.C25H32N6O6/c1-18(29)8-4-6-14-39-25-17-21(28(36)37-3)11-13-23(25)33-27(35)20-10-12-22(32-19(2)34)24(16-20)38-15-7-5-9-26(30)31;31-27(21-12-14-24(30(34)35)26(15-21)37-18-20-9-5-2-6-10-20)29-23-13-11-22(28(32)33)16-25(23)36-17-19-7-3-1-4-8-19;1-16(26)6-2-4-12-36-21-14-17(24(29)32)8-10-19(21)30-25(33)18-9-11-20(31(34)35)22(15-18)37-13-5-3-7-23(27)28/h10-13,16-17,29H,4-9,14-15H2,1-3H3,(H3,30,31)(H,32,34)(H,33,35);1-16H,17-18H2,(H,29,31)(H,32,33);8-11,14-15,26H,2-7,12-13H2,1H3,(H3,27,28)(H2,29,32)(H,30,33). The number of nitrogens with zero attached hydrogens (tertiary/aromatic N) is 2. The molecule has 8 aromatic carbocycles. The van der Waals surface area contributed by atoms with Gasteiger partial charge in [0.1, 0.15) is 36.2 Å². The lowest BCUT2D eigenvalue weighted by Gasteiger charge is -2.16. The molecule has 32 heteroatoms. The number of aromatic carboxylic acids is 1. The predicted octanol–water partition coefficient (Wildman–Crippen LogP) is 14.5. The number of amides is 5. The van der Waals surface area contributed by atoms with E-state index in [0.717, 1.165) is 24.0 Å². The molecule has 0 bridgehead atoms. The van der Waals surface area contributed by atoms with Crippen molar-refractivity contribution in [3.05, 3.63) is 235 Å². The van der Waals surface area contributed by atoms with Crippen molar-refractivity contribution in [3.8, 4) is 34.5 Å². The van der Waals surface area contributed by atoms with Gasteiger partial charge in [-0.2, -0.15) is 0 Å². The van der Waals surface area contributed by atoms with E-state index in [1.165, 1.54) is 105 Å². The maximum Gasteiger partial charge on any atom is 0.337 e. The van der Waals surface area contributed by atoms with Crippen LogP contribution in [0, 0.1) is 41.9 Å². The molecule has 8 rings (SSSR count). The van der Waals surface area contributed by atoms with Crippen molar-refractivity contribution < 1.29 is 81.7 Å². The number of nitrogens with one attached hydrogen (secondary N) is 8. The Morgan fingerprint density at radius 2 is 0.699 bits per heavy atom. The topological polar surface area (TPSA) is 512 Å². The number of carbonyl (C=O) groups excluding carboxylic acids is 6. The van der Waals surface area contributed by atoms with E-state index < -0.39 is 45.4 Å². The molecule has 15 N–H and O–H groups in total. The minimum absolute atomic E-state index is 0.00649. The van der Waals surface area contributed by atoms with Crippen LogP contribution in [-0.4, -0.2) is 113 Å². The van der Waals surface area contributed by atoms with Gasteiger partial charge in [-0.3, -0.25) is 55.0 Å². The molecule has 0 spiro atoms. The molecule has 113 heavy (non-hydrogen) atoms. The van der Waals surface area contributed by atoms with Crippen molar-refractivity contribution in [1.82, 2.24) is 0 Å². The maximum atomic E-state index is 13.2. The summed E-state index contributed by atoms with van der Waals surface area (Å²) in [7, 11) is 1.28. The number of methoxy groups -OCH3 is 1. The van der Waals surface area contributed by atoms with Crippen molar-refractivity contribution in [1.29, 1.82) is 21.6 Å². The van der Waals surface area contributed by atoms with Crippen LogP contribution in [0.5, 0.6) is 34.5 Å². The Hall–Kier alpha value is -14.1. The van der Waals surface area contributed by atoms with E-state index in [4.69, 9.17) is 72.0 Å². The number of primary amides is 1. The van der Waals surface area contributed by atoms with Crippen LogP contribution >= 0.6 is 0 Å². The second-order valence-corrected chi connectivity index (χ2v) is 25.3. The summed E-state index contributed by atoms with van der Waals surface area (Å²) in [6.07, 6.45) is 7.52. The van der Waals surface area contributed by atoms with Crippen molar-refractivity contribution >= 4 is 98.7 Å². The summed E-state index contributed by atoms with van der Waals surface area (Å²) in [5.74, 6) is -3.07. The minimum Gasteiger partial charge on any atom is -0.491 e. The second kappa shape index (κ2) is 45.7. The number of ether oxygens (including phenoxy) is 7. The van der Waals surface area contributed by atoms with E-state index in [1.54, 1.807) is 32.0 Å². The van der Waals surface area contributed by atoms with Crippen LogP contribution in [0.4, 0.5) is 34.1 Å². The molecule has 594 valence electrons. The number of rotatable bonds is 42. The van der Waals surface area contributed by atoms with Crippen LogP contribution in [0.1, 0.15) is 171 Å². The Kier molecular flexibility index (Phi) is 35.5. The van der Waals surface area contributed by atoms with Crippen molar-refractivity contribution in [2.75, 3.05) is 54.8 Å². The third kappa shape index (κ3) is 30.5. The van der Waals surface area contributed by atoms with Gasteiger partial charge in [-0.25, -0.2) is 9.59 Å². The molecular weight excluding hydrogens is 1460 g/mol. The van der Waals surface area contributed by atoms with Gasteiger partial charge in [-0.15, -0.1) is 0 Å². The van der Waals surface area contributed by atoms with Gasteiger partial charge in [0.05, 0.1) is 88.9 Å². The lowest BCUT2D eigenvalue weighted by atomic mass is 10.1. The van der Waals surface area contributed by atoms with E-state index in [1.807, 2.05) is 60.7 Å². The summed E-state index contributed by atoms with van der Waals surface area (Å²) in [6.45, 7) is 6.21. The largest absolute Gasteiger partial charge is 0.491 e. The predicted molar refractivity (Wildman–Crippen MR) is 427 cm³/mol. The monoisotopic (exact) mass is 1550 g/mol. The summed E-state index contributed by atoms with van der Waals surface area (Å²) in [5, 5.41) is 72.7. The van der Waals surface area contributed by atoms with Crippen LogP contribution in [0.25, 0.3) is 0 Å². The number of benzene rings is 8. The number of hydrogen-bond donors (Lipinski definition) is 12. The molecule has 0 atom stereocenters. The fourth-order valence-electron chi connectivity index (χ4n) is 10.3. The summed E-state index contributed by atoms with van der Waals surface area (Å²) in [4.78, 5) is 108. The molecule has 0 saturated carbocycles. The number of anilines is 4. The Morgan fingerprint density at radius 3 is 1.07 bits per heavy atom. The van der Waals surface area contributed by atoms with Gasteiger partial charge in [0, 0.05) is 77.7 Å². The fourth-order valence-corrected chi connectivity index (χ4v) is 10.3. The second-order valence-electron chi connectivity index (χ2n) is 25.3. The molecule has 8 aromatic rings. The first-order valence-corrected chi connectivity index (χ1v) is 35.6. The number of hydrogen-bond acceptors (Lipinski definition) is 22. The maximum absolute atomic E-state index is 13.2. The van der Waals surface area contributed by atoms with Crippen molar-refractivity contribution in [3.63, 3.8) is 0 Å². The average molecular weight is 1550 g/mol. The minimum atomic E-state index is -1.14. The molecule has 0 saturated heterocycles. The highest BCUT2D eigenvalue weighted by Crippen LogP contribution is 2.35. The molecule has 0 heterocycles. The molecule has 32 nitrogen and oxygen atoms in total. The molecule has 0 aliphatic heterocycles. The molecule has 0 unspecified atom stereocenters. The molecule has 0 fully saturated rings. The summed E-state index contributed by atoms with van der Waals surface area (Å²) in [5.41, 5.74) is 20.7. The fraction of sp³-hybridized carbons (Fsp3) is 0.272. The van der Waals surface area contributed by atoms with Gasteiger partial charge in [-0.1, -0.05) is 60.7 Å². The first-order valence-electron chi connectivity index (χ1n) is 35.6. The van der Waals surface area contributed by atoms with Gasteiger partial charge < -0.3 is 87.6 Å². The average Bonchev–Trinajstić information content (AvgIpc) is 0.881. The summed E-state index contributed by atoms with van der Waals surface area (Å²) in [6, 6.07) is 43.8. The number of esters is 1. The lowest BCUT2D eigenvalue weighted by Crippen LogP contribution is -2.15. The molecule has 0 aliphatic rings. The third-order valence-corrected chi connectivity index (χ3v) is 16.1. The first-order chi connectivity index (χ1) is 54.1. The zero-order chi connectivity index (χ0) is 82.4. The van der Waals surface area contributed by atoms with Crippen LogP contribution in [0.2, 0.25) is 0 Å². The Balaban J connectivity index is 0.000000264. The molecule has 0 radical (unpaired) electrons. The van der Waals surface area contributed by atoms with Crippen LogP contribution in [-0.2, 0) is 22.7 Å². The summed E-state index contributed by atoms with van der Waals surface area (Å²) < 4.78 is 39.3. The van der Waals surface area contributed by atoms with Gasteiger partial charge in [0.15, 0.2) is 11.5 Å². The number of nitrogens with two attached hydrogens (primary N) is 3. The Labute approximate surface area is 651 Å². The highest BCUT2D eigenvalue weighted by atomic mass is 16.6. The van der Waals surface area contributed by atoms with E-state index in [9.17, 15) is 58.9 Å². The van der Waals surface area contributed by atoms with Gasteiger partial charge in [0.2, 0.25) is 11.8 Å². The van der Waals surface area contributed by atoms with E-state index in [-0.39, 0.29) is 111 Å². The van der Waals surface area contributed by atoms with E-state index >= 15 is 0 Å². The molecule has 0 aromatic heterocycles. The summed E-state index contributed by atoms with van der Waals surface area (Å²) >= 11 is 0. The number of amidine groups is 2. The van der Waals surface area contributed by atoms with Gasteiger partial charge in [0.25, 0.3) is 17.7 Å². The Bertz CT molecular complexity index is 4710. The van der Waals surface area contributed by atoms with Crippen LogP contribution in [0.3, 0.4) is 0 Å². The van der Waals surface area contributed by atoms with Gasteiger partial charge >= 0.3 is 23.3 Å². The highest BCUT2D eigenvalue weighted by molar-refractivity contribution is 6.08. The van der Waals surface area contributed by atoms with E-state index in [2.05, 4.69) is 21.3 Å². The number of nitro groups is 2. The number of nitro benzene ring substituents is 2. The Morgan fingerprint density at radius 1 is 0.389 bits per heavy atom. The number of carboxylic acid groups (broad SMARTS) is 1. The normalized spacial score (nSPS) is 10.4. The molecule has 5 amide bonds. The third-order valence-electron chi connectivity index (χ3n) is 16.1. The quantitative estimate of drug-likeness (QED) is 0.00422. The highest BCUT2D eigenvalue weighted by Gasteiger charge is 2.24. The SMILES string of the molecule is CC(=N)CCCCOc1cc(C(N)=O)ccc1NC(=O)c1ccc([N+](=O)[O-])c(OCCCCC(=N)N)c1.COC(=O)c1ccc(NC(=O)c2ccc(NC(C)=O)c(OCCCCC(=N)N)c2)c(OCCCCC(C)=N)c1.O=C(O)c1ccc(NC(=O)c2ccc([N+](=O)[O-])c(OCc3ccccc3)c2)c(OCc2ccccc2)c1. The van der Waals surface area contributed by atoms with E-state index in [0.29, 0.717) is 124 Å². The van der Waals surface area contributed by atoms with Crippen molar-refractivity contribution in [2.24, 2.45) is 17.2 Å². The zero-order valence-corrected chi connectivity index (χ0v) is 62.8. The van der Waals surface area contributed by atoms with Gasteiger partial charge in [-0.05, 0) is 174 Å². The van der Waals surface area contributed by atoms with Crippen LogP contribution < -0.4 is 66.9 Å². The number of unbranched alkanes of at least 4 members (excludes halogenated alkanes) is 4. The number of carbonyl (C=O) groups is 7. The lowest BCUT2D eigenvalue weighted by molar-refractivity contribution is -0.386. The number of carboxylic acids is 1. The first kappa shape index (κ1) is 87.8. The molecular formula is C81H91N13O19. The van der Waals surface area contributed by atoms with Crippen LogP contribution in [0.15, 0.2) is 170 Å². The molecule has 0 aliphatic carbocycles. The smallest absolute Gasteiger partial charge is 0.337 e. The zero-order valence-electron chi connectivity index (χ0n) is 62.8.